The third-order valence-corrected chi connectivity index (χ3v) is 7.43. The Balaban J connectivity index is 1.52. The summed E-state index contributed by atoms with van der Waals surface area (Å²) < 4.78 is 14.3. The molecule has 1 saturated carbocycles. The highest BCUT2D eigenvalue weighted by molar-refractivity contribution is 7.98. The number of nitrogens with one attached hydrogen (secondary N) is 4. The van der Waals surface area contributed by atoms with Crippen molar-refractivity contribution in [3.8, 4) is 0 Å². The number of benzene rings is 1. The average Bonchev–Trinajstić information content (AvgIpc) is 3.37. The lowest BCUT2D eigenvalue weighted by Gasteiger charge is -2.24. The molecule has 33 heavy (non-hydrogen) atoms. The molecule has 2 aliphatic rings. The van der Waals surface area contributed by atoms with Gasteiger partial charge in [-0.15, -0.1) is 11.8 Å². The lowest BCUT2D eigenvalue weighted by atomic mass is 9.89. The van der Waals surface area contributed by atoms with Gasteiger partial charge in [-0.05, 0) is 69.0 Å². The molecule has 4 rings (SSSR count). The van der Waals surface area contributed by atoms with Gasteiger partial charge in [-0.3, -0.25) is 0 Å². The largest absolute Gasteiger partial charge is 0.354 e. The van der Waals surface area contributed by atoms with Gasteiger partial charge in [0, 0.05) is 29.2 Å². The molecule has 1 aromatic heterocycles. The molecule has 0 radical (unpaired) electrons. The lowest BCUT2D eigenvalue weighted by Crippen LogP contribution is -2.40. The summed E-state index contributed by atoms with van der Waals surface area (Å²) in [6, 6.07) is 5.75. The summed E-state index contributed by atoms with van der Waals surface area (Å²) in [5.74, 6) is 1.90. The molecule has 9 heteroatoms. The number of hydrogen-bond acceptors (Lipinski definition) is 8. The van der Waals surface area contributed by atoms with E-state index in [0.717, 1.165) is 25.9 Å². The Kier molecular flexibility index (Phi) is 8.61. The van der Waals surface area contributed by atoms with Crippen LogP contribution in [0.15, 0.2) is 23.1 Å². The van der Waals surface area contributed by atoms with E-state index in [2.05, 4.69) is 43.1 Å². The molecule has 4 N–H and O–H groups in total. The van der Waals surface area contributed by atoms with Gasteiger partial charge in [0.15, 0.2) is 0 Å². The first-order valence-corrected chi connectivity index (χ1v) is 13.5. The van der Waals surface area contributed by atoms with Crippen molar-refractivity contribution in [2.24, 2.45) is 5.92 Å². The summed E-state index contributed by atoms with van der Waals surface area (Å²) in [5, 5.41) is 13.7. The maximum atomic E-state index is 14.3. The van der Waals surface area contributed by atoms with E-state index < -0.39 is 0 Å². The average molecular weight is 474 g/mol. The van der Waals surface area contributed by atoms with Crippen LogP contribution in [0.5, 0.6) is 0 Å². The van der Waals surface area contributed by atoms with Crippen LogP contribution >= 0.6 is 11.8 Å². The van der Waals surface area contributed by atoms with Crippen LogP contribution < -0.4 is 21.3 Å². The topological polar surface area (TPSA) is 86.8 Å². The Morgan fingerprint density at radius 3 is 2.55 bits per heavy atom. The molecule has 7 nitrogen and oxygen atoms in total. The standard InChI is InChI=1S/C24H36FN7S/c1-3-19(20-10-7-13-26-20)29-24-31-22(27-15-16-8-5-4-6-9-16)30-23(32-24)28-17-11-12-21(33-2)18(25)14-17/h11-12,14,16,19-20,26H,3-10,13,15H2,1-2H3,(H3,27,28,29,30,31,32). The molecule has 2 aromatic rings. The number of nitrogens with zero attached hydrogens (tertiary/aromatic N) is 3. The van der Waals surface area contributed by atoms with Crippen molar-refractivity contribution < 1.29 is 4.39 Å². The molecule has 0 spiro atoms. The summed E-state index contributed by atoms with van der Waals surface area (Å²) in [4.78, 5) is 14.5. The van der Waals surface area contributed by atoms with Gasteiger partial charge in [-0.25, -0.2) is 4.39 Å². The fraction of sp³-hybridized carbons (Fsp3) is 0.625. The smallest absolute Gasteiger partial charge is 0.233 e. The predicted octanol–water partition coefficient (Wildman–Crippen LogP) is 5.41. The molecular formula is C24H36FN7S. The summed E-state index contributed by atoms with van der Waals surface area (Å²) in [7, 11) is 0. The van der Waals surface area contributed by atoms with Crippen molar-refractivity contribution >= 4 is 35.3 Å². The van der Waals surface area contributed by atoms with E-state index in [0.29, 0.717) is 40.4 Å². The van der Waals surface area contributed by atoms with Gasteiger partial charge in [0.05, 0.1) is 0 Å². The molecule has 0 bridgehead atoms. The quantitative estimate of drug-likeness (QED) is 0.341. The first kappa shape index (κ1) is 24.0. The maximum Gasteiger partial charge on any atom is 0.233 e. The second-order valence-corrected chi connectivity index (χ2v) is 9.88. The number of thioether (sulfide) groups is 1. The van der Waals surface area contributed by atoms with Crippen molar-refractivity contribution in [3.63, 3.8) is 0 Å². The van der Waals surface area contributed by atoms with Crippen LogP contribution in [0, 0.1) is 11.7 Å². The number of hydrogen-bond donors (Lipinski definition) is 4. The van der Waals surface area contributed by atoms with E-state index >= 15 is 0 Å². The molecule has 1 saturated heterocycles. The van der Waals surface area contributed by atoms with Gasteiger partial charge in [-0.1, -0.05) is 26.2 Å². The zero-order valence-corrected chi connectivity index (χ0v) is 20.5. The number of aromatic nitrogens is 3. The van der Waals surface area contributed by atoms with Crippen LogP contribution in [0.25, 0.3) is 0 Å². The number of halogens is 1. The van der Waals surface area contributed by atoms with Crippen LogP contribution in [0.3, 0.4) is 0 Å². The summed E-state index contributed by atoms with van der Waals surface area (Å²) in [6.07, 6.45) is 11.6. The minimum atomic E-state index is -0.256. The van der Waals surface area contributed by atoms with Gasteiger partial charge in [-0.2, -0.15) is 15.0 Å². The Morgan fingerprint density at radius 2 is 1.85 bits per heavy atom. The van der Waals surface area contributed by atoms with Gasteiger partial charge in [0.2, 0.25) is 17.8 Å². The fourth-order valence-electron chi connectivity index (χ4n) is 4.78. The van der Waals surface area contributed by atoms with Gasteiger partial charge >= 0.3 is 0 Å². The normalized spacial score (nSPS) is 19.9. The van der Waals surface area contributed by atoms with Crippen molar-refractivity contribution in [2.45, 2.75) is 75.3 Å². The molecule has 2 fully saturated rings. The third-order valence-electron chi connectivity index (χ3n) is 6.66. The number of anilines is 4. The molecule has 0 amide bonds. The van der Waals surface area contributed by atoms with Crippen molar-refractivity contribution in [1.82, 2.24) is 20.3 Å². The van der Waals surface area contributed by atoms with E-state index in [1.807, 2.05) is 12.3 Å². The molecular weight excluding hydrogens is 437 g/mol. The Hall–Kier alpha value is -2.13. The van der Waals surface area contributed by atoms with Crippen LogP contribution in [-0.2, 0) is 0 Å². The predicted molar refractivity (Wildman–Crippen MR) is 135 cm³/mol. The highest BCUT2D eigenvalue weighted by Crippen LogP contribution is 2.26. The van der Waals surface area contributed by atoms with Gasteiger partial charge in [0.25, 0.3) is 0 Å². The van der Waals surface area contributed by atoms with Gasteiger partial charge in [0.1, 0.15) is 5.82 Å². The summed E-state index contributed by atoms with van der Waals surface area (Å²) in [6.45, 7) is 4.09. The van der Waals surface area contributed by atoms with E-state index in [1.54, 1.807) is 6.07 Å². The second-order valence-electron chi connectivity index (χ2n) is 9.03. The Labute approximate surface area is 200 Å². The number of rotatable bonds is 10. The van der Waals surface area contributed by atoms with Crippen LogP contribution in [0.2, 0.25) is 0 Å². The van der Waals surface area contributed by atoms with E-state index in [4.69, 9.17) is 0 Å². The summed E-state index contributed by atoms with van der Waals surface area (Å²) >= 11 is 1.39. The van der Waals surface area contributed by atoms with Gasteiger partial charge < -0.3 is 21.3 Å². The van der Waals surface area contributed by atoms with E-state index in [-0.39, 0.29) is 11.9 Å². The van der Waals surface area contributed by atoms with Crippen molar-refractivity contribution in [2.75, 3.05) is 35.3 Å². The molecule has 2 unspecified atom stereocenters. The van der Waals surface area contributed by atoms with Crippen molar-refractivity contribution in [1.29, 1.82) is 0 Å². The zero-order valence-electron chi connectivity index (χ0n) is 19.7. The zero-order chi connectivity index (χ0) is 23.0. The maximum absolute atomic E-state index is 14.3. The summed E-state index contributed by atoms with van der Waals surface area (Å²) in [5.41, 5.74) is 0.616. The SMILES string of the molecule is CCC(Nc1nc(NCC2CCCCC2)nc(Nc2ccc(SC)c(F)c2)n1)C1CCCN1. The van der Waals surface area contributed by atoms with Crippen LogP contribution in [0.4, 0.5) is 27.9 Å². The molecule has 1 aromatic carbocycles. The molecule has 2 atom stereocenters. The van der Waals surface area contributed by atoms with E-state index in [1.165, 1.54) is 56.4 Å². The molecule has 2 heterocycles. The minimum absolute atomic E-state index is 0.243. The lowest BCUT2D eigenvalue weighted by molar-refractivity contribution is 0.373. The van der Waals surface area contributed by atoms with E-state index in [9.17, 15) is 4.39 Å². The van der Waals surface area contributed by atoms with Crippen LogP contribution in [-0.4, -0.2) is 46.4 Å². The molecule has 180 valence electrons. The monoisotopic (exact) mass is 473 g/mol. The first-order valence-electron chi connectivity index (χ1n) is 12.2. The fourth-order valence-corrected chi connectivity index (χ4v) is 5.24. The highest BCUT2D eigenvalue weighted by Gasteiger charge is 2.24. The Morgan fingerprint density at radius 1 is 1.06 bits per heavy atom. The first-order chi connectivity index (χ1) is 16.1. The highest BCUT2D eigenvalue weighted by atomic mass is 32.2. The second kappa shape index (κ2) is 11.8. The molecule has 1 aliphatic heterocycles. The third kappa shape index (κ3) is 6.69. The minimum Gasteiger partial charge on any atom is -0.354 e. The molecule has 1 aliphatic carbocycles. The van der Waals surface area contributed by atoms with Crippen molar-refractivity contribution in [3.05, 3.63) is 24.0 Å². The Bertz CT molecular complexity index is 900. The van der Waals surface area contributed by atoms with Crippen LogP contribution in [0.1, 0.15) is 58.3 Å².